The monoisotopic (exact) mass is 931 g/mol. The molecule has 3 N–H and O–H groups in total. The van der Waals surface area contributed by atoms with Gasteiger partial charge >= 0.3 is 5.69 Å². The maximum absolute atomic E-state index is 14.0. The number of amides is 1. The van der Waals surface area contributed by atoms with E-state index in [1.54, 1.807) is 30.6 Å². The zero-order valence-corrected chi connectivity index (χ0v) is 40.3. The molecule has 1 spiro atoms. The molecule has 15 nitrogen and oxygen atoms in total. The van der Waals surface area contributed by atoms with Crippen molar-refractivity contribution < 1.29 is 22.9 Å². The van der Waals surface area contributed by atoms with Crippen LogP contribution >= 0.6 is 0 Å². The highest BCUT2D eigenvalue weighted by molar-refractivity contribution is 7.90. The van der Waals surface area contributed by atoms with Crippen molar-refractivity contribution in [2.45, 2.75) is 109 Å². The van der Waals surface area contributed by atoms with Crippen molar-refractivity contribution >= 4 is 44.2 Å². The van der Waals surface area contributed by atoms with E-state index >= 15 is 0 Å². The lowest BCUT2D eigenvalue weighted by Crippen LogP contribution is -2.60. The number of sulfonamides is 1. The summed E-state index contributed by atoms with van der Waals surface area (Å²) in [7, 11) is -4.60. The zero-order chi connectivity index (χ0) is 47.1. The highest BCUT2D eigenvalue weighted by Gasteiger charge is 2.50. The minimum atomic E-state index is -4.60. The van der Waals surface area contributed by atoms with Gasteiger partial charge < -0.3 is 24.8 Å². The fraction of sp³-hybridized carbons (Fsp3) is 0.510. The van der Waals surface area contributed by atoms with Crippen LogP contribution in [0.3, 0.4) is 0 Å². The van der Waals surface area contributed by atoms with Crippen molar-refractivity contribution in [1.82, 2.24) is 29.5 Å². The molecule has 2 saturated heterocycles. The number of piperidine rings is 1. The Morgan fingerprint density at radius 2 is 1.73 bits per heavy atom. The third-order valence-electron chi connectivity index (χ3n) is 15.3. The Bertz CT molecular complexity index is 2710. The third-order valence-corrected chi connectivity index (χ3v) is 16.6. The number of ether oxygens (including phenoxy) is 1. The first-order valence-corrected chi connectivity index (χ1v) is 25.6. The largest absolute Gasteiger partial charge is 0.455 e. The molecule has 1 atom stereocenters. The second kappa shape index (κ2) is 18.8. The van der Waals surface area contributed by atoms with Crippen LogP contribution in [0.2, 0.25) is 0 Å². The molecule has 0 radical (unpaired) electrons. The molecule has 67 heavy (non-hydrogen) atoms. The number of pyridine rings is 2. The van der Waals surface area contributed by atoms with Gasteiger partial charge in [-0.2, -0.15) is 0 Å². The molecule has 3 aromatic heterocycles. The van der Waals surface area contributed by atoms with Crippen LogP contribution < -0.4 is 19.7 Å². The number of aromatic amines is 1. The lowest BCUT2D eigenvalue weighted by molar-refractivity contribution is -0.384. The minimum Gasteiger partial charge on any atom is -0.455 e. The lowest BCUT2D eigenvalue weighted by Gasteiger charge is -2.58. The number of fused-ring (bicyclic) bond motifs is 1. The number of benzene rings is 2. The average molecular weight is 932 g/mol. The van der Waals surface area contributed by atoms with E-state index in [0.717, 1.165) is 101 Å². The Hall–Kier alpha value is -5.58. The van der Waals surface area contributed by atoms with Gasteiger partial charge in [-0.1, -0.05) is 58.9 Å². The first-order valence-electron chi connectivity index (χ1n) is 24.1. The minimum absolute atomic E-state index is 0.0116. The Morgan fingerprint density at radius 1 is 0.970 bits per heavy atom. The Morgan fingerprint density at radius 3 is 2.46 bits per heavy atom. The van der Waals surface area contributed by atoms with Crippen LogP contribution in [0, 0.1) is 26.9 Å². The van der Waals surface area contributed by atoms with E-state index in [2.05, 4.69) is 98.6 Å². The number of H-pyrrole nitrogens is 1. The van der Waals surface area contributed by atoms with Gasteiger partial charge in [-0.25, -0.2) is 23.1 Å². The molecule has 0 bridgehead atoms. The molecular formula is C51H65N9O6S. The number of nitrogens with one attached hydrogen (secondary N) is 3. The molecule has 356 valence electrons. The number of rotatable bonds is 14. The number of aromatic nitrogens is 3. The quantitative estimate of drug-likeness (QED) is 0.0710. The fourth-order valence-corrected chi connectivity index (χ4v) is 12.0. The predicted octanol–water partition coefficient (Wildman–Crippen LogP) is 9.66. The van der Waals surface area contributed by atoms with Crippen molar-refractivity contribution in [3.8, 4) is 11.5 Å². The number of nitrogens with zero attached hydrogens (tertiary/aromatic N) is 6. The smallest absolute Gasteiger partial charge is 0.312 e. The number of anilines is 2. The molecule has 0 unspecified atom stereocenters. The van der Waals surface area contributed by atoms with E-state index in [4.69, 9.17) is 4.74 Å². The van der Waals surface area contributed by atoms with E-state index in [0.29, 0.717) is 41.9 Å². The molecule has 2 aromatic carbocycles. The molecule has 9 rings (SSSR count). The number of carbonyl (C=O) groups excluding carboxylic acids is 1. The maximum atomic E-state index is 14.0. The number of likely N-dealkylation sites (N-methyl/N-ethyl adjacent to an activating group) is 1. The lowest BCUT2D eigenvalue weighted by atomic mass is 9.59. The van der Waals surface area contributed by atoms with Crippen LogP contribution in [0.1, 0.15) is 119 Å². The summed E-state index contributed by atoms with van der Waals surface area (Å²) < 4.78 is 36.0. The summed E-state index contributed by atoms with van der Waals surface area (Å²) in [6.07, 6.45) is 12.9. The summed E-state index contributed by atoms with van der Waals surface area (Å²) in [5.41, 5.74) is 4.50. The summed E-state index contributed by atoms with van der Waals surface area (Å²) in [6.45, 7) is 17.8. The van der Waals surface area contributed by atoms with Crippen molar-refractivity contribution in [3.63, 3.8) is 0 Å². The molecule has 2 aliphatic heterocycles. The molecule has 16 heteroatoms. The number of carbonyl (C=O) groups is 1. The van der Waals surface area contributed by atoms with Gasteiger partial charge in [-0.3, -0.25) is 19.8 Å². The van der Waals surface area contributed by atoms with E-state index in [1.807, 2.05) is 12.1 Å². The molecule has 4 aliphatic rings. The molecule has 1 amide bonds. The SMILES string of the molecule is CCN1CCN(C2CC3(CCN(c4ccc(C(=O)NS(=O)(=O)c5cnc(NCC6CCC(C)(C)CC6)c([N+](=O)[O-])c5)c(Oc5cnc6[nH]ccc6c5)c4)CC3)C2)[C@H](c2ccccc2C(C)C)C1. The number of piperazine rings is 1. The van der Waals surface area contributed by atoms with Crippen molar-refractivity contribution in [1.29, 1.82) is 0 Å². The third kappa shape index (κ3) is 10.0. The normalized spacial score (nSPS) is 20.5. The van der Waals surface area contributed by atoms with Gasteiger partial charge in [0.05, 0.1) is 22.9 Å². The number of nitro groups is 1. The van der Waals surface area contributed by atoms with Crippen molar-refractivity contribution in [2.24, 2.45) is 16.7 Å². The van der Waals surface area contributed by atoms with E-state index in [1.165, 1.54) is 24.0 Å². The first-order chi connectivity index (χ1) is 32.1. The number of hydrogen-bond donors (Lipinski definition) is 3. The standard InChI is InChI=1S/C51H65N9O6S/c1-6-57-23-24-59(45(33-57)42-10-8-7-9-41(42)34(2)3)38-28-51(29-38)18-21-58(22-19-51)37-11-12-43(46(26-37)66-39-25-36-15-20-52-47(36)54-31-39)49(61)56-67(64,65)40-27-44(60(62)63)48(55-32-40)53-30-35-13-16-50(4,5)17-14-35/h7-12,15,20,25-27,31-32,34-35,38,45H,6,13-14,16-19,21-24,28-30,33H2,1-5H3,(H,52,54)(H,53,55)(H,56,61)/t45-/m0/s1. The van der Waals surface area contributed by atoms with Crippen LogP contribution in [-0.2, 0) is 10.0 Å². The Balaban J connectivity index is 0.899. The summed E-state index contributed by atoms with van der Waals surface area (Å²) in [6, 6.07) is 19.7. The summed E-state index contributed by atoms with van der Waals surface area (Å²) in [4.78, 5) is 44.4. The van der Waals surface area contributed by atoms with E-state index in [-0.39, 0.29) is 28.0 Å². The topological polar surface area (TPSA) is 179 Å². The summed E-state index contributed by atoms with van der Waals surface area (Å²) in [5, 5.41) is 16.1. The molecule has 2 saturated carbocycles. The van der Waals surface area contributed by atoms with Gasteiger partial charge in [0, 0.05) is 80.8 Å². The van der Waals surface area contributed by atoms with Crippen molar-refractivity contribution in [3.05, 3.63) is 106 Å². The summed E-state index contributed by atoms with van der Waals surface area (Å²) >= 11 is 0. The molecule has 4 fully saturated rings. The highest BCUT2D eigenvalue weighted by Crippen LogP contribution is 2.53. The van der Waals surface area contributed by atoms with Crippen LogP contribution in [-0.4, -0.2) is 95.9 Å². The van der Waals surface area contributed by atoms with Crippen LogP contribution in [0.4, 0.5) is 17.2 Å². The number of hydrogen-bond acceptors (Lipinski definition) is 12. The summed E-state index contributed by atoms with van der Waals surface area (Å²) in [5.74, 6) is 0.351. The molecule has 2 aliphatic carbocycles. The highest BCUT2D eigenvalue weighted by atomic mass is 32.2. The van der Waals surface area contributed by atoms with Crippen LogP contribution in [0.25, 0.3) is 11.0 Å². The van der Waals surface area contributed by atoms with E-state index in [9.17, 15) is 23.3 Å². The van der Waals surface area contributed by atoms with Gasteiger partial charge in [-0.05, 0) is 116 Å². The van der Waals surface area contributed by atoms with Crippen LogP contribution in [0.15, 0.2) is 84.1 Å². The van der Waals surface area contributed by atoms with Gasteiger partial charge in [0.2, 0.25) is 5.82 Å². The maximum Gasteiger partial charge on any atom is 0.312 e. The molecule has 5 aromatic rings. The second-order valence-electron chi connectivity index (χ2n) is 20.6. The molecular weight excluding hydrogens is 867 g/mol. The molecule has 5 heterocycles. The van der Waals surface area contributed by atoms with Gasteiger partial charge in [0.1, 0.15) is 22.0 Å². The second-order valence-corrected chi connectivity index (χ2v) is 22.3. The van der Waals surface area contributed by atoms with E-state index < -0.39 is 31.4 Å². The van der Waals surface area contributed by atoms with Gasteiger partial charge in [-0.15, -0.1) is 0 Å². The van der Waals surface area contributed by atoms with Gasteiger partial charge in [0.25, 0.3) is 15.9 Å². The predicted molar refractivity (Wildman–Crippen MR) is 261 cm³/mol. The Kier molecular flexibility index (Phi) is 13.1. The van der Waals surface area contributed by atoms with Crippen molar-refractivity contribution in [2.75, 3.05) is 56.0 Å². The van der Waals surface area contributed by atoms with Gasteiger partial charge in [0.15, 0.2) is 0 Å². The van der Waals surface area contributed by atoms with Crippen LogP contribution in [0.5, 0.6) is 11.5 Å². The Labute approximate surface area is 394 Å². The fourth-order valence-electron chi connectivity index (χ4n) is 11.1. The zero-order valence-electron chi connectivity index (χ0n) is 39.5. The first kappa shape index (κ1) is 46.5. The average Bonchev–Trinajstić information content (AvgIpc) is 3.78.